The Morgan fingerprint density at radius 1 is 1.10 bits per heavy atom. The van der Waals surface area contributed by atoms with Gasteiger partial charge in [-0.05, 0) is 75.9 Å². The van der Waals surface area contributed by atoms with Crippen LogP contribution in [0.2, 0.25) is 0 Å². The van der Waals surface area contributed by atoms with Crippen LogP contribution < -0.4 is 10.5 Å². The maximum absolute atomic E-state index is 5.75. The predicted octanol–water partition coefficient (Wildman–Crippen LogP) is 2.86. The molecular formula is C17H28N2O. The van der Waals surface area contributed by atoms with Crippen LogP contribution in [0.1, 0.15) is 37.2 Å². The molecule has 1 aliphatic carbocycles. The number of rotatable bonds is 6. The van der Waals surface area contributed by atoms with Crippen molar-refractivity contribution >= 4 is 0 Å². The SMILES string of the molecule is CN(C)CCOc1ccc(C2CCC(CN)CC2)cc1. The Morgan fingerprint density at radius 3 is 2.30 bits per heavy atom. The van der Waals surface area contributed by atoms with E-state index in [4.69, 9.17) is 10.5 Å². The summed E-state index contributed by atoms with van der Waals surface area (Å²) in [5.41, 5.74) is 7.21. The van der Waals surface area contributed by atoms with Gasteiger partial charge < -0.3 is 15.4 Å². The number of hydrogen-bond donors (Lipinski definition) is 1. The predicted molar refractivity (Wildman–Crippen MR) is 84.2 cm³/mol. The topological polar surface area (TPSA) is 38.5 Å². The van der Waals surface area contributed by atoms with Crippen LogP contribution in [0.3, 0.4) is 0 Å². The van der Waals surface area contributed by atoms with E-state index < -0.39 is 0 Å². The Kier molecular flexibility index (Phi) is 5.86. The first-order valence-corrected chi connectivity index (χ1v) is 7.76. The third-order valence-corrected chi connectivity index (χ3v) is 4.34. The molecule has 0 amide bonds. The van der Waals surface area contributed by atoms with Crippen LogP contribution in [0, 0.1) is 5.92 Å². The third kappa shape index (κ3) is 4.50. The molecule has 0 aromatic heterocycles. The van der Waals surface area contributed by atoms with Crippen molar-refractivity contribution in [3.63, 3.8) is 0 Å². The summed E-state index contributed by atoms with van der Waals surface area (Å²) in [4.78, 5) is 2.13. The molecule has 2 rings (SSSR count). The fourth-order valence-electron chi connectivity index (χ4n) is 2.91. The zero-order chi connectivity index (χ0) is 14.4. The van der Waals surface area contributed by atoms with Crippen molar-refractivity contribution in [2.45, 2.75) is 31.6 Å². The first-order valence-electron chi connectivity index (χ1n) is 7.76. The number of benzene rings is 1. The number of nitrogens with zero attached hydrogens (tertiary/aromatic N) is 1. The average molecular weight is 276 g/mol. The molecule has 0 heterocycles. The van der Waals surface area contributed by atoms with Gasteiger partial charge in [0.25, 0.3) is 0 Å². The van der Waals surface area contributed by atoms with Crippen LogP contribution in [0.4, 0.5) is 0 Å². The second-order valence-electron chi connectivity index (χ2n) is 6.17. The summed E-state index contributed by atoms with van der Waals surface area (Å²) < 4.78 is 5.74. The van der Waals surface area contributed by atoms with Gasteiger partial charge in [-0.2, -0.15) is 0 Å². The van der Waals surface area contributed by atoms with Crippen LogP contribution >= 0.6 is 0 Å². The fraction of sp³-hybridized carbons (Fsp3) is 0.647. The second kappa shape index (κ2) is 7.65. The average Bonchev–Trinajstić information content (AvgIpc) is 2.48. The van der Waals surface area contributed by atoms with E-state index in [0.29, 0.717) is 5.92 Å². The molecule has 20 heavy (non-hydrogen) atoms. The zero-order valence-corrected chi connectivity index (χ0v) is 12.8. The summed E-state index contributed by atoms with van der Waals surface area (Å²) in [6.45, 7) is 2.55. The van der Waals surface area contributed by atoms with E-state index in [2.05, 4.69) is 43.3 Å². The van der Waals surface area contributed by atoms with Gasteiger partial charge in [-0.3, -0.25) is 0 Å². The summed E-state index contributed by atoms with van der Waals surface area (Å²) in [5.74, 6) is 2.44. The first-order chi connectivity index (χ1) is 9.69. The van der Waals surface area contributed by atoms with Crippen LogP contribution in [0.15, 0.2) is 24.3 Å². The highest BCUT2D eigenvalue weighted by atomic mass is 16.5. The van der Waals surface area contributed by atoms with Crippen molar-refractivity contribution in [2.75, 3.05) is 33.8 Å². The quantitative estimate of drug-likeness (QED) is 0.868. The van der Waals surface area contributed by atoms with E-state index in [0.717, 1.165) is 31.4 Å². The number of ether oxygens (including phenoxy) is 1. The van der Waals surface area contributed by atoms with E-state index in [1.165, 1.54) is 31.2 Å². The molecule has 0 atom stereocenters. The lowest BCUT2D eigenvalue weighted by atomic mass is 9.79. The molecule has 1 aromatic rings. The van der Waals surface area contributed by atoms with Gasteiger partial charge in [0.2, 0.25) is 0 Å². The van der Waals surface area contributed by atoms with Gasteiger partial charge in [-0.15, -0.1) is 0 Å². The lowest BCUT2D eigenvalue weighted by molar-refractivity contribution is 0.261. The Hall–Kier alpha value is -1.06. The zero-order valence-electron chi connectivity index (χ0n) is 12.8. The second-order valence-corrected chi connectivity index (χ2v) is 6.17. The van der Waals surface area contributed by atoms with Gasteiger partial charge in [0.1, 0.15) is 12.4 Å². The molecule has 1 saturated carbocycles. The van der Waals surface area contributed by atoms with E-state index in [1.807, 2.05) is 0 Å². The van der Waals surface area contributed by atoms with Gasteiger partial charge in [-0.1, -0.05) is 12.1 Å². The highest BCUT2D eigenvalue weighted by molar-refractivity contribution is 5.29. The summed E-state index contributed by atoms with van der Waals surface area (Å²) >= 11 is 0. The molecule has 0 unspecified atom stereocenters. The molecule has 1 aromatic carbocycles. The van der Waals surface area contributed by atoms with Crippen LogP contribution in [-0.2, 0) is 0 Å². The molecule has 1 aliphatic rings. The maximum Gasteiger partial charge on any atom is 0.119 e. The standard InChI is InChI=1S/C17H28N2O/c1-19(2)11-12-20-17-9-7-16(8-10-17)15-5-3-14(13-18)4-6-15/h7-10,14-15H,3-6,11-13,18H2,1-2H3. The Labute approximate surface area is 123 Å². The van der Waals surface area contributed by atoms with Gasteiger partial charge in [0.15, 0.2) is 0 Å². The minimum absolute atomic E-state index is 0.716. The Morgan fingerprint density at radius 2 is 1.75 bits per heavy atom. The van der Waals surface area contributed by atoms with Crippen molar-refractivity contribution in [1.82, 2.24) is 4.90 Å². The van der Waals surface area contributed by atoms with E-state index in [-0.39, 0.29) is 0 Å². The van der Waals surface area contributed by atoms with Gasteiger partial charge in [0, 0.05) is 6.54 Å². The first kappa shape index (κ1) is 15.3. The normalized spacial score (nSPS) is 23.0. The smallest absolute Gasteiger partial charge is 0.119 e. The lowest BCUT2D eigenvalue weighted by Gasteiger charge is -2.28. The summed E-state index contributed by atoms with van der Waals surface area (Å²) in [6, 6.07) is 8.69. The van der Waals surface area contributed by atoms with Crippen molar-refractivity contribution in [3.05, 3.63) is 29.8 Å². The van der Waals surface area contributed by atoms with Crippen molar-refractivity contribution < 1.29 is 4.74 Å². The van der Waals surface area contributed by atoms with Crippen molar-refractivity contribution in [1.29, 1.82) is 0 Å². The number of hydrogen-bond acceptors (Lipinski definition) is 3. The summed E-state index contributed by atoms with van der Waals surface area (Å²) in [6.07, 6.45) is 5.12. The van der Waals surface area contributed by atoms with Gasteiger partial charge in [-0.25, -0.2) is 0 Å². The summed E-state index contributed by atoms with van der Waals surface area (Å²) in [7, 11) is 4.12. The molecule has 1 fully saturated rings. The van der Waals surface area contributed by atoms with Crippen LogP contribution in [0.5, 0.6) is 5.75 Å². The highest BCUT2D eigenvalue weighted by Gasteiger charge is 2.21. The molecule has 3 nitrogen and oxygen atoms in total. The van der Waals surface area contributed by atoms with E-state index in [9.17, 15) is 0 Å². The molecule has 0 saturated heterocycles. The molecule has 0 spiro atoms. The fourth-order valence-corrected chi connectivity index (χ4v) is 2.91. The highest BCUT2D eigenvalue weighted by Crippen LogP contribution is 2.35. The molecule has 0 aliphatic heterocycles. The monoisotopic (exact) mass is 276 g/mol. The molecule has 2 N–H and O–H groups in total. The van der Waals surface area contributed by atoms with E-state index >= 15 is 0 Å². The minimum Gasteiger partial charge on any atom is -0.492 e. The third-order valence-electron chi connectivity index (χ3n) is 4.34. The number of nitrogens with two attached hydrogens (primary N) is 1. The summed E-state index contributed by atoms with van der Waals surface area (Å²) in [5, 5.41) is 0. The molecule has 3 heteroatoms. The minimum atomic E-state index is 0.716. The van der Waals surface area contributed by atoms with Crippen LogP contribution in [-0.4, -0.2) is 38.7 Å². The van der Waals surface area contributed by atoms with Crippen molar-refractivity contribution in [2.24, 2.45) is 11.7 Å². The maximum atomic E-state index is 5.75. The van der Waals surface area contributed by atoms with Crippen LogP contribution in [0.25, 0.3) is 0 Å². The molecular weight excluding hydrogens is 248 g/mol. The molecule has 112 valence electrons. The van der Waals surface area contributed by atoms with E-state index in [1.54, 1.807) is 0 Å². The molecule has 0 radical (unpaired) electrons. The lowest BCUT2D eigenvalue weighted by Crippen LogP contribution is -2.20. The largest absolute Gasteiger partial charge is 0.492 e. The van der Waals surface area contributed by atoms with Gasteiger partial charge >= 0.3 is 0 Å². The van der Waals surface area contributed by atoms with Crippen molar-refractivity contribution in [3.8, 4) is 5.75 Å². The Balaban J connectivity index is 1.82. The molecule has 0 bridgehead atoms. The Bertz CT molecular complexity index is 380. The number of likely N-dealkylation sites (N-methyl/N-ethyl adjacent to an activating group) is 1. The van der Waals surface area contributed by atoms with Gasteiger partial charge in [0.05, 0.1) is 0 Å².